The maximum Gasteiger partial charge on any atom is 0.278 e. The van der Waals surface area contributed by atoms with Crippen molar-refractivity contribution in [2.24, 2.45) is 0 Å². The number of thioether (sulfide) groups is 1. The third-order valence-corrected chi connectivity index (χ3v) is 4.27. The number of aromatic nitrogens is 4. The number of anilines is 1. The van der Waals surface area contributed by atoms with E-state index in [-0.39, 0.29) is 11.5 Å². The van der Waals surface area contributed by atoms with Gasteiger partial charge in [-0.3, -0.25) is 9.78 Å². The molecule has 1 aliphatic heterocycles. The Morgan fingerprint density at radius 3 is 2.94 bits per heavy atom. The summed E-state index contributed by atoms with van der Waals surface area (Å²) in [4.78, 5) is 25.6. The first-order valence-corrected chi connectivity index (χ1v) is 6.66. The molecule has 3 heterocycles. The molecule has 7 heteroatoms. The van der Waals surface area contributed by atoms with Crippen LogP contribution in [0.4, 0.5) is 5.95 Å². The van der Waals surface area contributed by atoms with Crippen LogP contribution in [0.25, 0.3) is 11.2 Å². The summed E-state index contributed by atoms with van der Waals surface area (Å²) in [6.07, 6.45) is 3.56. The van der Waals surface area contributed by atoms with Crippen molar-refractivity contribution in [1.29, 1.82) is 0 Å². The molecule has 1 atom stereocenters. The van der Waals surface area contributed by atoms with Crippen molar-refractivity contribution in [3.8, 4) is 0 Å². The van der Waals surface area contributed by atoms with Gasteiger partial charge in [-0.15, -0.1) is 0 Å². The predicted octanol–water partition coefficient (Wildman–Crippen LogP) is 1.19. The first-order chi connectivity index (χ1) is 8.24. The number of rotatable bonds is 1. The zero-order valence-electron chi connectivity index (χ0n) is 9.19. The minimum absolute atomic E-state index is 0.108. The van der Waals surface area contributed by atoms with E-state index in [9.17, 15) is 4.79 Å². The van der Waals surface area contributed by atoms with Gasteiger partial charge in [-0.2, -0.15) is 16.7 Å². The molecular formula is C10H13N5OS. The van der Waals surface area contributed by atoms with Gasteiger partial charge in [0, 0.05) is 0 Å². The molecule has 2 aromatic rings. The smallest absolute Gasteiger partial charge is 0.278 e. The maximum absolute atomic E-state index is 11.6. The minimum Gasteiger partial charge on any atom is -0.369 e. The van der Waals surface area contributed by atoms with Gasteiger partial charge in [0.1, 0.15) is 5.82 Å². The highest BCUT2D eigenvalue weighted by atomic mass is 32.2. The Morgan fingerprint density at radius 2 is 2.18 bits per heavy atom. The lowest BCUT2D eigenvalue weighted by Crippen LogP contribution is -2.11. The SMILES string of the molecule is Nc1nc2nc(C3CCCCS3)[nH]c2c(=O)[nH]1. The van der Waals surface area contributed by atoms with Gasteiger partial charge in [0.25, 0.3) is 5.56 Å². The molecule has 90 valence electrons. The van der Waals surface area contributed by atoms with Crippen molar-refractivity contribution in [2.45, 2.75) is 24.5 Å². The zero-order chi connectivity index (χ0) is 11.8. The molecule has 6 nitrogen and oxygen atoms in total. The van der Waals surface area contributed by atoms with Crippen molar-refractivity contribution >= 4 is 28.9 Å². The van der Waals surface area contributed by atoms with E-state index in [4.69, 9.17) is 5.73 Å². The molecule has 3 rings (SSSR count). The molecular weight excluding hydrogens is 238 g/mol. The summed E-state index contributed by atoms with van der Waals surface area (Å²) in [7, 11) is 0. The fourth-order valence-corrected chi connectivity index (χ4v) is 3.31. The highest BCUT2D eigenvalue weighted by Crippen LogP contribution is 2.36. The Labute approximate surface area is 101 Å². The lowest BCUT2D eigenvalue weighted by Gasteiger charge is -2.18. The number of aromatic amines is 2. The van der Waals surface area contributed by atoms with E-state index in [0.717, 1.165) is 18.0 Å². The topological polar surface area (TPSA) is 100 Å². The van der Waals surface area contributed by atoms with Crippen LogP contribution in [0.15, 0.2) is 4.79 Å². The molecule has 1 saturated heterocycles. The van der Waals surface area contributed by atoms with E-state index >= 15 is 0 Å². The summed E-state index contributed by atoms with van der Waals surface area (Å²) in [5, 5.41) is 0.346. The van der Waals surface area contributed by atoms with E-state index in [0.29, 0.717) is 16.4 Å². The second kappa shape index (κ2) is 4.06. The lowest BCUT2D eigenvalue weighted by atomic mass is 10.2. The van der Waals surface area contributed by atoms with Gasteiger partial charge in [-0.1, -0.05) is 6.42 Å². The van der Waals surface area contributed by atoms with E-state index in [1.54, 1.807) is 0 Å². The average molecular weight is 251 g/mol. The molecule has 2 aromatic heterocycles. The van der Waals surface area contributed by atoms with Crippen molar-refractivity contribution in [3.63, 3.8) is 0 Å². The van der Waals surface area contributed by atoms with E-state index in [1.807, 2.05) is 11.8 Å². The van der Waals surface area contributed by atoms with Gasteiger partial charge in [0.2, 0.25) is 5.95 Å². The van der Waals surface area contributed by atoms with E-state index in [1.165, 1.54) is 12.8 Å². The van der Waals surface area contributed by atoms with Gasteiger partial charge in [0.15, 0.2) is 11.2 Å². The number of nitrogens with two attached hydrogens (primary N) is 1. The highest BCUT2D eigenvalue weighted by Gasteiger charge is 2.20. The molecule has 0 aliphatic carbocycles. The molecule has 0 amide bonds. The molecule has 1 unspecified atom stereocenters. The van der Waals surface area contributed by atoms with Crippen LogP contribution in [0.2, 0.25) is 0 Å². The number of fused-ring (bicyclic) bond motifs is 1. The lowest BCUT2D eigenvalue weighted by molar-refractivity contribution is 0.668. The van der Waals surface area contributed by atoms with Crippen LogP contribution in [0.3, 0.4) is 0 Å². The van der Waals surface area contributed by atoms with Gasteiger partial charge < -0.3 is 10.7 Å². The monoisotopic (exact) mass is 251 g/mol. The fraction of sp³-hybridized carbons (Fsp3) is 0.500. The Balaban J connectivity index is 2.06. The minimum atomic E-state index is -0.257. The van der Waals surface area contributed by atoms with Crippen LogP contribution < -0.4 is 11.3 Å². The molecule has 0 bridgehead atoms. The van der Waals surface area contributed by atoms with Crippen molar-refractivity contribution < 1.29 is 0 Å². The fourth-order valence-electron chi connectivity index (χ4n) is 2.05. The third-order valence-electron chi connectivity index (χ3n) is 2.88. The van der Waals surface area contributed by atoms with Crippen molar-refractivity contribution in [3.05, 3.63) is 16.2 Å². The van der Waals surface area contributed by atoms with Crippen LogP contribution in [-0.4, -0.2) is 25.7 Å². The van der Waals surface area contributed by atoms with Crippen LogP contribution in [0.5, 0.6) is 0 Å². The van der Waals surface area contributed by atoms with Crippen molar-refractivity contribution in [1.82, 2.24) is 19.9 Å². The Morgan fingerprint density at radius 1 is 1.29 bits per heavy atom. The van der Waals surface area contributed by atoms with Gasteiger partial charge in [0.05, 0.1) is 5.25 Å². The maximum atomic E-state index is 11.6. The molecule has 0 saturated carbocycles. The molecule has 4 N–H and O–H groups in total. The normalized spacial score (nSPS) is 20.8. The Hall–Kier alpha value is -1.50. The summed E-state index contributed by atoms with van der Waals surface area (Å²) < 4.78 is 0. The van der Waals surface area contributed by atoms with Gasteiger partial charge in [-0.25, -0.2) is 4.98 Å². The highest BCUT2D eigenvalue weighted by molar-refractivity contribution is 7.99. The van der Waals surface area contributed by atoms with Crippen LogP contribution >= 0.6 is 11.8 Å². The number of nitrogens with zero attached hydrogens (tertiary/aromatic N) is 2. The Bertz CT molecular complexity index is 598. The largest absolute Gasteiger partial charge is 0.369 e. The van der Waals surface area contributed by atoms with Crippen LogP contribution in [0.1, 0.15) is 30.3 Å². The van der Waals surface area contributed by atoms with Crippen molar-refractivity contribution in [2.75, 3.05) is 11.5 Å². The number of imidazole rings is 1. The molecule has 0 radical (unpaired) electrons. The Kier molecular flexibility index (Phi) is 2.54. The first-order valence-electron chi connectivity index (χ1n) is 5.61. The number of hydrogen-bond donors (Lipinski definition) is 3. The number of nitrogens with one attached hydrogen (secondary N) is 2. The second-order valence-corrected chi connectivity index (χ2v) is 5.44. The molecule has 17 heavy (non-hydrogen) atoms. The molecule has 1 fully saturated rings. The summed E-state index contributed by atoms with van der Waals surface area (Å²) in [6, 6.07) is 0. The first kappa shape index (κ1) is 10.6. The second-order valence-electron chi connectivity index (χ2n) is 4.13. The summed E-state index contributed by atoms with van der Waals surface area (Å²) >= 11 is 1.88. The molecule has 1 aliphatic rings. The summed E-state index contributed by atoms with van der Waals surface area (Å²) in [5.74, 6) is 2.10. The number of H-pyrrole nitrogens is 2. The number of hydrogen-bond acceptors (Lipinski definition) is 5. The van der Waals surface area contributed by atoms with Crippen LogP contribution in [-0.2, 0) is 0 Å². The summed E-state index contributed by atoms with van der Waals surface area (Å²) in [6.45, 7) is 0. The van der Waals surface area contributed by atoms with Crippen LogP contribution in [0, 0.1) is 0 Å². The standard InChI is InChI=1S/C10H13N5OS/c11-10-14-8-6(9(16)15-10)12-7(13-8)5-3-1-2-4-17-5/h5H,1-4H2,(H4,11,12,13,14,15,16). The quantitative estimate of drug-likeness (QED) is 0.706. The molecule has 0 spiro atoms. The zero-order valence-corrected chi connectivity index (χ0v) is 10.0. The van der Waals surface area contributed by atoms with E-state index in [2.05, 4.69) is 19.9 Å². The third kappa shape index (κ3) is 1.90. The number of nitrogen functional groups attached to an aromatic ring is 1. The van der Waals surface area contributed by atoms with E-state index < -0.39 is 0 Å². The van der Waals surface area contributed by atoms with Gasteiger partial charge in [-0.05, 0) is 18.6 Å². The summed E-state index contributed by atoms with van der Waals surface area (Å²) in [5.41, 5.74) is 6.06. The molecule has 0 aromatic carbocycles. The predicted molar refractivity (Wildman–Crippen MR) is 68.0 cm³/mol. The van der Waals surface area contributed by atoms with Gasteiger partial charge >= 0.3 is 0 Å². The average Bonchev–Trinajstić information content (AvgIpc) is 2.74.